The van der Waals surface area contributed by atoms with E-state index < -0.39 is 16.1 Å². The molecule has 1 aliphatic heterocycles. The number of anilines is 1. The van der Waals surface area contributed by atoms with Crippen molar-refractivity contribution in [3.05, 3.63) is 12.3 Å². The van der Waals surface area contributed by atoms with Gasteiger partial charge in [-0.15, -0.1) is 0 Å². The molecule has 1 N–H and O–H groups in total. The van der Waals surface area contributed by atoms with Crippen LogP contribution in [-0.4, -0.2) is 73.1 Å². The molecule has 0 aromatic carbocycles. The van der Waals surface area contributed by atoms with Crippen molar-refractivity contribution < 1.29 is 13.5 Å². The molecule has 0 saturated carbocycles. The Hall–Kier alpha value is -0.900. The van der Waals surface area contributed by atoms with Gasteiger partial charge in [0, 0.05) is 39.3 Å². The molecule has 0 spiro atoms. The molecule has 7 nitrogen and oxygen atoms in total. The van der Waals surface area contributed by atoms with Crippen molar-refractivity contribution >= 4 is 27.6 Å². The molecule has 1 saturated heterocycles. The molecule has 21 heavy (non-hydrogen) atoms. The second-order valence-corrected chi connectivity index (χ2v) is 8.20. The zero-order chi connectivity index (χ0) is 15.6. The lowest BCUT2D eigenvalue weighted by Gasteiger charge is -2.18. The maximum absolute atomic E-state index is 11.9. The van der Waals surface area contributed by atoms with E-state index >= 15 is 0 Å². The minimum atomic E-state index is -3.32. The van der Waals surface area contributed by atoms with Gasteiger partial charge in [0.1, 0.15) is 5.82 Å². The number of rotatable bonds is 5. The van der Waals surface area contributed by atoms with Gasteiger partial charge in [-0.1, -0.05) is 11.8 Å². The molecule has 0 radical (unpaired) electrons. The summed E-state index contributed by atoms with van der Waals surface area (Å²) >= 11 is 1.44. The fourth-order valence-corrected chi connectivity index (χ4v) is 3.75. The van der Waals surface area contributed by atoms with Gasteiger partial charge < -0.3 is 10.0 Å². The Morgan fingerprint density at radius 2 is 2.19 bits per heavy atom. The highest BCUT2D eigenvalue weighted by atomic mass is 32.2. The van der Waals surface area contributed by atoms with E-state index in [1.54, 1.807) is 12.3 Å². The van der Waals surface area contributed by atoms with Crippen LogP contribution in [0.5, 0.6) is 0 Å². The monoisotopic (exact) mass is 332 g/mol. The topological polar surface area (TPSA) is 86.6 Å². The summed E-state index contributed by atoms with van der Waals surface area (Å²) in [5.74, 6) is 0.348. The number of sulfonamides is 1. The van der Waals surface area contributed by atoms with Gasteiger partial charge in [-0.05, 0) is 12.3 Å². The molecule has 0 amide bonds. The number of aliphatic hydroxyl groups is 1. The van der Waals surface area contributed by atoms with Crippen molar-refractivity contribution in [1.82, 2.24) is 14.3 Å². The predicted molar refractivity (Wildman–Crippen MR) is 83.0 cm³/mol. The Balaban J connectivity index is 2.10. The number of aromatic nitrogens is 2. The first-order chi connectivity index (χ1) is 9.83. The van der Waals surface area contributed by atoms with Gasteiger partial charge in [0.05, 0.1) is 11.9 Å². The smallest absolute Gasteiger partial charge is 0.214 e. The Labute approximate surface area is 129 Å². The van der Waals surface area contributed by atoms with Crippen LogP contribution in [0.1, 0.15) is 0 Å². The lowest BCUT2D eigenvalue weighted by Crippen LogP contribution is -2.33. The zero-order valence-electron chi connectivity index (χ0n) is 12.3. The van der Waals surface area contributed by atoms with E-state index in [0.717, 1.165) is 5.82 Å². The van der Waals surface area contributed by atoms with Crippen molar-refractivity contribution in [1.29, 1.82) is 0 Å². The fraction of sp³-hybridized carbons (Fsp3) is 0.667. The fourth-order valence-electron chi connectivity index (χ4n) is 2.23. The van der Waals surface area contributed by atoms with Crippen LogP contribution in [0.15, 0.2) is 17.4 Å². The number of β-amino-alcohol motifs (C(OH)–C–C–N with tert-alkyl or cyclic N) is 1. The van der Waals surface area contributed by atoms with Crippen LogP contribution in [-0.2, 0) is 10.0 Å². The number of nitrogens with zero attached hydrogens (tertiary/aromatic N) is 4. The molecule has 9 heteroatoms. The zero-order valence-corrected chi connectivity index (χ0v) is 13.9. The van der Waals surface area contributed by atoms with E-state index in [1.165, 1.54) is 30.2 Å². The summed E-state index contributed by atoms with van der Waals surface area (Å²) < 4.78 is 25.1. The maximum Gasteiger partial charge on any atom is 0.214 e. The quantitative estimate of drug-likeness (QED) is 0.594. The molecule has 0 aliphatic carbocycles. The summed E-state index contributed by atoms with van der Waals surface area (Å²) in [6.07, 6.45) is 2.89. The van der Waals surface area contributed by atoms with Gasteiger partial charge >= 0.3 is 0 Å². The lowest BCUT2D eigenvalue weighted by molar-refractivity contribution is 0.157. The molecular weight excluding hydrogens is 312 g/mol. The van der Waals surface area contributed by atoms with Gasteiger partial charge in [0.15, 0.2) is 5.16 Å². The first-order valence-electron chi connectivity index (χ1n) is 6.53. The Bertz CT molecular complexity index is 594. The third-order valence-corrected chi connectivity index (χ3v) is 6.04. The van der Waals surface area contributed by atoms with Crippen molar-refractivity contribution in [2.24, 2.45) is 5.92 Å². The number of thioether (sulfide) groups is 1. The normalized spacial score (nSPS) is 23.0. The van der Waals surface area contributed by atoms with Crippen LogP contribution in [0, 0.1) is 5.92 Å². The highest BCUT2D eigenvalue weighted by Gasteiger charge is 2.35. The van der Waals surface area contributed by atoms with Crippen LogP contribution < -0.4 is 4.90 Å². The summed E-state index contributed by atoms with van der Waals surface area (Å²) in [4.78, 5) is 10.4. The van der Waals surface area contributed by atoms with Crippen LogP contribution in [0.25, 0.3) is 0 Å². The van der Waals surface area contributed by atoms with Crippen LogP contribution in [0.2, 0.25) is 0 Å². The third-order valence-electron chi connectivity index (χ3n) is 3.51. The van der Waals surface area contributed by atoms with E-state index in [9.17, 15) is 13.5 Å². The SMILES string of the molecule is CSc1nccc(N2C[C@@H](CS(=O)(=O)N(C)C)[C@@H](O)C2)n1. The molecular formula is C12H20N4O3S2. The standard InChI is InChI=1S/C12H20N4O3S2/c1-15(2)21(18,19)8-9-6-16(7-10(9)17)11-4-5-13-12(14-11)20-3/h4-5,9-10,17H,6-8H2,1-3H3/t9-,10-/m0/s1. The summed E-state index contributed by atoms with van der Waals surface area (Å²) in [5.41, 5.74) is 0. The minimum absolute atomic E-state index is 0.0574. The summed E-state index contributed by atoms with van der Waals surface area (Å²) in [5, 5.41) is 10.8. The first-order valence-corrected chi connectivity index (χ1v) is 9.37. The summed E-state index contributed by atoms with van der Waals surface area (Å²) in [6, 6.07) is 1.77. The lowest BCUT2D eigenvalue weighted by atomic mass is 10.1. The Morgan fingerprint density at radius 1 is 1.48 bits per heavy atom. The molecule has 1 fully saturated rings. The predicted octanol–water partition coefficient (Wildman–Crippen LogP) is -0.113. The van der Waals surface area contributed by atoms with Crippen molar-refractivity contribution in [2.75, 3.05) is 44.1 Å². The van der Waals surface area contributed by atoms with Gasteiger partial charge in [-0.3, -0.25) is 0 Å². The Morgan fingerprint density at radius 3 is 2.81 bits per heavy atom. The molecule has 0 unspecified atom stereocenters. The maximum atomic E-state index is 11.9. The molecule has 0 bridgehead atoms. The van der Waals surface area contributed by atoms with E-state index in [-0.39, 0.29) is 11.7 Å². The van der Waals surface area contributed by atoms with Crippen molar-refractivity contribution in [2.45, 2.75) is 11.3 Å². The molecule has 118 valence electrons. The third kappa shape index (κ3) is 3.85. The second kappa shape index (κ2) is 6.47. The molecule has 1 aromatic heterocycles. The van der Waals surface area contributed by atoms with Crippen molar-refractivity contribution in [3.63, 3.8) is 0 Å². The van der Waals surface area contributed by atoms with Crippen LogP contribution >= 0.6 is 11.8 Å². The second-order valence-electron chi connectivity index (χ2n) is 5.19. The molecule has 1 aromatic rings. The van der Waals surface area contributed by atoms with Gasteiger partial charge in [0.25, 0.3) is 0 Å². The van der Waals surface area contributed by atoms with Gasteiger partial charge in [0.2, 0.25) is 10.0 Å². The van der Waals surface area contributed by atoms with E-state index in [2.05, 4.69) is 9.97 Å². The minimum Gasteiger partial charge on any atom is -0.391 e. The average molecular weight is 332 g/mol. The first kappa shape index (κ1) is 16.5. The van der Waals surface area contributed by atoms with Gasteiger partial charge in [-0.2, -0.15) is 0 Å². The summed E-state index contributed by atoms with van der Waals surface area (Å²) in [7, 11) is -0.316. The Kier molecular flexibility index (Phi) is 5.07. The summed E-state index contributed by atoms with van der Waals surface area (Å²) in [6.45, 7) is 0.859. The van der Waals surface area contributed by atoms with Crippen LogP contribution in [0.3, 0.4) is 0 Å². The van der Waals surface area contributed by atoms with E-state index in [1.807, 2.05) is 11.2 Å². The highest BCUT2D eigenvalue weighted by Crippen LogP contribution is 2.25. The number of hydrogen-bond acceptors (Lipinski definition) is 7. The number of aliphatic hydroxyl groups excluding tert-OH is 1. The highest BCUT2D eigenvalue weighted by molar-refractivity contribution is 7.98. The molecule has 2 heterocycles. The molecule has 2 atom stereocenters. The van der Waals surface area contributed by atoms with E-state index in [4.69, 9.17) is 0 Å². The molecule has 2 rings (SSSR count). The number of hydrogen-bond donors (Lipinski definition) is 1. The molecule has 1 aliphatic rings. The van der Waals surface area contributed by atoms with E-state index in [0.29, 0.717) is 18.2 Å². The van der Waals surface area contributed by atoms with Crippen molar-refractivity contribution in [3.8, 4) is 0 Å². The van der Waals surface area contributed by atoms with Crippen LogP contribution in [0.4, 0.5) is 5.82 Å². The average Bonchev–Trinajstić information content (AvgIpc) is 2.79. The largest absolute Gasteiger partial charge is 0.391 e. The van der Waals surface area contributed by atoms with Gasteiger partial charge in [-0.25, -0.2) is 22.7 Å².